The van der Waals surface area contributed by atoms with Gasteiger partial charge in [0.2, 0.25) is 0 Å². The molecule has 19 heavy (non-hydrogen) atoms. The van der Waals surface area contributed by atoms with Crippen LogP contribution in [0.5, 0.6) is 5.88 Å². The molecular formula is C15H22N2O2. The van der Waals surface area contributed by atoms with E-state index in [1.54, 1.807) is 0 Å². The topological polar surface area (TPSA) is 58.3 Å². The predicted molar refractivity (Wildman–Crippen MR) is 72.2 cm³/mol. The van der Waals surface area contributed by atoms with E-state index in [9.17, 15) is 5.11 Å². The van der Waals surface area contributed by atoms with Crippen molar-refractivity contribution in [3.8, 4) is 5.88 Å². The van der Waals surface area contributed by atoms with Crippen LogP contribution >= 0.6 is 0 Å². The summed E-state index contributed by atoms with van der Waals surface area (Å²) in [5.41, 5.74) is 0.207. The van der Waals surface area contributed by atoms with E-state index in [-0.39, 0.29) is 17.3 Å². The van der Waals surface area contributed by atoms with Gasteiger partial charge in [0, 0.05) is 11.5 Å². The van der Waals surface area contributed by atoms with Crippen molar-refractivity contribution in [3.05, 3.63) is 5.76 Å². The van der Waals surface area contributed by atoms with Crippen molar-refractivity contribution in [2.75, 3.05) is 5.32 Å². The van der Waals surface area contributed by atoms with Crippen molar-refractivity contribution in [2.45, 2.75) is 57.4 Å². The Morgan fingerprint density at radius 1 is 1.26 bits per heavy atom. The third-order valence-electron chi connectivity index (χ3n) is 5.50. The van der Waals surface area contributed by atoms with Gasteiger partial charge in [0.05, 0.1) is 0 Å². The molecule has 4 aliphatic rings. The van der Waals surface area contributed by atoms with Crippen LogP contribution in [0.15, 0.2) is 4.42 Å². The third-order valence-corrected chi connectivity index (χ3v) is 5.50. The normalized spacial score (nSPS) is 39.4. The Morgan fingerprint density at radius 3 is 2.53 bits per heavy atom. The summed E-state index contributed by atoms with van der Waals surface area (Å²) in [5, 5.41) is 13.4. The van der Waals surface area contributed by atoms with Crippen LogP contribution in [0.4, 0.5) is 6.01 Å². The molecular weight excluding hydrogens is 240 g/mol. The van der Waals surface area contributed by atoms with E-state index < -0.39 is 0 Å². The summed E-state index contributed by atoms with van der Waals surface area (Å²) in [4.78, 5) is 4.17. The highest BCUT2D eigenvalue weighted by Gasteiger charge is 2.58. The molecule has 5 rings (SSSR count). The molecule has 0 amide bonds. The predicted octanol–water partition coefficient (Wildman–Crippen LogP) is 3.49. The zero-order valence-corrected chi connectivity index (χ0v) is 11.6. The monoisotopic (exact) mass is 262 g/mol. The summed E-state index contributed by atoms with van der Waals surface area (Å²) in [6.07, 6.45) is 6.68. The minimum Gasteiger partial charge on any atom is -0.491 e. The van der Waals surface area contributed by atoms with Crippen molar-refractivity contribution in [3.63, 3.8) is 0 Å². The maximum Gasteiger partial charge on any atom is 0.298 e. The fourth-order valence-electron chi connectivity index (χ4n) is 4.97. The standard InChI is InChI=1S/C15H22N2O2/c1-8(2)12-13(18)16-14(19-12)17-15-6-9-3-10(7-15)5-11(15)4-9/h8-11,18H,3-7H2,1-2H3,(H,16,17). The lowest BCUT2D eigenvalue weighted by atomic mass is 9.80. The highest BCUT2D eigenvalue weighted by atomic mass is 16.4. The second-order valence-corrected chi connectivity index (χ2v) is 7.19. The molecule has 2 unspecified atom stereocenters. The summed E-state index contributed by atoms with van der Waals surface area (Å²) in [6, 6.07) is 0.523. The lowest BCUT2D eigenvalue weighted by Crippen LogP contribution is -2.39. The molecule has 2 N–H and O–H groups in total. The van der Waals surface area contributed by atoms with Crippen LogP contribution in [-0.4, -0.2) is 15.6 Å². The number of oxazole rings is 1. The van der Waals surface area contributed by atoms with E-state index in [4.69, 9.17) is 4.42 Å². The molecule has 104 valence electrons. The number of hydrogen-bond donors (Lipinski definition) is 2. The van der Waals surface area contributed by atoms with Crippen molar-refractivity contribution in [2.24, 2.45) is 17.8 Å². The first-order valence-electron chi connectivity index (χ1n) is 7.53. The van der Waals surface area contributed by atoms with E-state index in [1.807, 2.05) is 13.8 Å². The summed E-state index contributed by atoms with van der Waals surface area (Å²) < 4.78 is 5.72. The molecule has 0 aromatic carbocycles. The van der Waals surface area contributed by atoms with Gasteiger partial charge in [-0.15, -0.1) is 0 Å². The van der Waals surface area contributed by atoms with Crippen molar-refractivity contribution in [1.82, 2.24) is 4.98 Å². The van der Waals surface area contributed by atoms with Gasteiger partial charge in [-0.05, 0) is 49.9 Å². The number of rotatable bonds is 3. The van der Waals surface area contributed by atoms with Gasteiger partial charge in [0.1, 0.15) is 0 Å². The number of aromatic nitrogens is 1. The molecule has 4 bridgehead atoms. The number of hydrogen-bond acceptors (Lipinski definition) is 4. The summed E-state index contributed by atoms with van der Waals surface area (Å²) in [7, 11) is 0. The molecule has 2 atom stereocenters. The highest BCUT2D eigenvalue weighted by Crippen LogP contribution is 2.61. The van der Waals surface area contributed by atoms with Crippen molar-refractivity contribution >= 4 is 6.01 Å². The van der Waals surface area contributed by atoms with Crippen LogP contribution in [0.3, 0.4) is 0 Å². The second kappa shape index (κ2) is 3.68. The Balaban J connectivity index is 1.60. The Hall–Kier alpha value is -1.19. The van der Waals surface area contributed by atoms with Crippen LogP contribution in [0, 0.1) is 17.8 Å². The summed E-state index contributed by atoms with van der Waals surface area (Å²) in [6.45, 7) is 4.01. The Labute approximate surface area is 113 Å². The Kier molecular flexibility index (Phi) is 2.25. The maximum absolute atomic E-state index is 9.83. The highest BCUT2D eigenvalue weighted by molar-refractivity contribution is 5.36. The average Bonchev–Trinajstić information content (AvgIpc) is 2.86. The van der Waals surface area contributed by atoms with Crippen LogP contribution in [0.2, 0.25) is 0 Å². The van der Waals surface area contributed by atoms with Gasteiger partial charge in [-0.3, -0.25) is 0 Å². The quantitative estimate of drug-likeness (QED) is 0.875. The molecule has 0 saturated heterocycles. The molecule has 4 fully saturated rings. The molecule has 0 spiro atoms. The average molecular weight is 262 g/mol. The first kappa shape index (κ1) is 11.6. The van der Waals surface area contributed by atoms with Gasteiger partial charge in [-0.1, -0.05) is 13.8 Å². The summed E-state index contributed by atoms with van der Waals surface area (Å²) >= 11 is 0. The first-order valence-corrected chi connectivity index (χ1v) is 7.53. The van der Waals surface area contributed by atoms with Gasteiger partial charge >= 0.3 is 0 Å². The first-order chi connectivity index (χ1) is 9.06. The maximum atomic E-state index is 9.83. The van der Waals surface area contributed by atoms with Gasteiger partial charge in [0.15, 0.2) is 5.76 Å². The molecule has 4 heteroatoms. The van der Waals surface area contributed by atoms with Gasteiger partial charge in [-0.2, -0.15) is 4.98 Å². The zero-order chi connectivity index (χ0) is 13.2. The molecule has 0 radical (unpaired) electrons. The van der Waals surface area contributed by atoms with Crippen molar-refractivity contribution < 1.29 is 9.52 Å². The van der Waals surface area contributed by atoms with Crippen LogP contribution < -0.4 is 5.32 Å². The summed E-state index contributed by atoms with van der Waals surface area (Å²) in [5.74, 6) is 3.39. The minimum absolute atomic E-state index is 0.0478. The third kappa shape index (κ3) is 1.61. The van der Waals surface area contributed by atoms with Crippen LogP contribution in [0.1, 0.15) is 57.6 Å². The van der Waals surface area contributed by atoms with Crippen LogP contribution in [0.25, 0.3) is 0 Å². The largest absolute Gasteiger partial charge is 0.491 e. The fraction of sp³-hybridized carbons (Fsp3) is 0.800. The van der Waals surface area contributed by atoms with Gasteiger partial charge in [-0.25, -0.2) is 0 Å². The molecule has 4 aliphatic carbocycles. The second-order valence-electron chi connectivity index (χ2n) is 7.19. The van der Waals surface area contributed by atoms with E-state index in [2.05, 4.69) is 10.3 Å². The van der Waals surface area contributed by atoms with Crippen LogP contribution in [-0.2, 0) is 0 Å². The fourth-order valence-corrected chi connectivity index (χ4v) is 4.97. The Bertz CT molecular complexity index is 494. The van der Waals surface area contributed by atoms with E-state index >= 15 is 0 Å². The molecule has 1 aromatic rings. The SMILES string of the molecule is CC(C)c1oc(NC23CC4CC(CC2C4)C3)nc1O. The van der Waals surface area contributed by atoms with E-state index in [1.165, 1.54) is 32.1 Å². The van der Waals surface area contributed by atoms with E-state index in [0.29, 0.717) is 11.8 Å². The van der Waals surface area contributed by atoms with Gasteiger partial charge < -0.3 is 14.8 Å². The number of aromatic hydroxyl groups is 1. The number of anilines is 1. The lowest BCUT2D eigenvalue weighted by molar-refractivity contribution is 0.272. The lowest BCUT2D eigenvalue weighted by Gasteiger charge is -2.33. The molecule has 1 aromatic heterocycles. The number of nitrogens with one attached hydrogen (secondary N) is 1. The smallest absolute Gasteiger partial charge is 0.298 e. The van der Waals surface area contributed by atoms with Crippen molar-refractivity contribution in [1.29, 1.82) is 0 Å². The molecule has 1 heterocycles. The van der Waals surface area contributed by atoms with Gasteiger partial charge in [0.25, 0.3) is 11.9 Å². The van der Waals surface area contributed by atoms with E-state index in [0.717, 1.165) is 17.8 Å². The number of nitrogens with zero attached hydrogens (tertiary/aromatic N) is 1. The molecule has 4 nitrogen and oxygen atoms in total. The minimum atomic E-state index is 0.0478. The molecule has 4 saturated carbocycles. The zero-order valence-electron chi connectivity index (χ0n) is 11.6. The Morgan fingerprint density at radius 2 is 1.95 bits per heavy atom. The molecule has 0 aliphatic heterocycles.